The van der Waals surface area contributed by atoms with Gasteiger partial charge in [-0.2, -0.15) is 0 Å². The monoisotopic (exact) mass is 271 g/mol. The zero-order chi connectivity index (χ0) is 13.2. The Morgan fingerprint density at radius 1 is 0.842 bits per heavy atom. The lowest BCUT2D eigenvalue weighted by Gasteiger charge is -2.00. The molecule has 0 radical (unpaired) electrons. The molecule has 0 aliphatic heterocycles. The van der Waals surface area contributed by atoms with Gasteiger partial charge < -0.3 is 4.98 Å². The number of hydrogen-bond acceptors (Lipinski definition) is 0. The molecule has 0 aliphatic rings. The third-order valence-corrected chi connectivity index (χ3v) is 3.24. The number of nitrogens with one attached hydrogen (secondary N) is 1. The fourth-order valence-electron chi connectivity index (χ4n) is 2.03. The van der Waals surface area contributed by atoms with Gasteiger partial charge in [-0.3, -0.25) is 0 Å². The van der Waals surface area contributed by atoms with Crippen molar-refractivity contribution in [2.75, 3.05) is 0 Å². The van der Waals surface area contributed by atoms with Crippen LogP contribution in [-0.4, -0.2) is 4.98 Å². The highest BCUT2D eigenvalue weighted by atomic mass is 35.5. The highest BCUT2D eigenvalue weighted by Gasteiger charge is 2.10. The summed E-state index contributed by atoms with van der Waals surface area (Å²) in [7, 11) is 0. The third-order valence-electron chi connectivity index (χ3n) is 2.99. The van der Waals surface area contributed by atoms with Crippen molar-refractivity contribution < 1.29 is 4.39 Å². The number of benzene rings is 2. The van der Waals surface area contributed by atoms with E-state index < -0.39 is 0 Å². The predicted molar refractivity (Wildman–Crippen MR) is 76.6 cm³/mol. The minimum atomic E-state index is -0.263. The molecule has 1 aromatic heterocycles. The van der Waals surface area contributed by atoms with Crippen molar-refractivity contribution in [1.29, 1.82) is 0 Å². The minimum absolute atomic E-state index is 0.263. The van der Waals surface area contributed by atoms with E-state index in [0.29, 0.717) is 10.7 Å². The van der Waals surface area contributed by atoms with Gasteiger partial charge >= 0.3 is 0 Å². The average molecular weight is 272 g/mol. The summed E-state index contributed by atoms with van der Waals surface area (Å²) in [5, 5.41) is 0.638. The van der Waals surface area contributed by atoms with Crippen molar-refractivity contribution in [2.24, 2.45) is 0 Å². The Labute approximate surface area is 115 Å². The average Bonchev–Trinajstić information content (AvgIpc) is 2.83. The first kappa shape index (κ1) is 12.0. The third kappa shape index (κ3) is 2.40. The van der Waals surface area contributed by atoms with Crippen LogP contribution in [0.1, 0.15) is 0 Å². The lowest BCUT2D eigenvalue weighted by atomic mass is 10.1. The molecule has 3 aromatic rings. The van der Waals surface area contributed by atoms with Gasteiger partial charge in [0.15, 0.2) is 0 Å². The van der Waals surface area contributed by atoms with Crippen LogP contribution in [0, 0.1) is 5.82 Å². The Balaban J connectivity index is 2.05. The molecule has 0 spiro atoms. The van der Waals surface area contributed by atoms with E-state index >= 15 is 0 Å². The van der Waals surface area contributed by atoms with Crippen LogP contribution in [0.25, 0.3) is 22.5 Å². The SMILES string of the molecule is Fc1cc(-c2ccccc2)[nH]c1-c1ccc(Cl)cc1. The molecule has 0 amide bonds. The van der Waals surface area contributed by atoms with Gasteiger partial charge in [0.05, 0.1) is 5.69 Å². The van der Waals surface area contributed by atoms with Gasteiger partial charge in [0.25, 0.3) is 0 Å². The lowest BCUT2D eigenvalue weighted by molar-refractivity contribution is 0.633. The van der Waals surface area contributed by atoms with Crippen LogP contribution in [0.4, 0.5) is 4.39 Å². The number of rotatable bonds is 2. The Hall–Kier alpha value is -2.06. The quantitative estimate of drug-likeness (QED) is 0.664. The van der Waals surface area contributed by atoms with Crippen LogP contribution < -0.4 is 0 Å². The normalized spacial score (nSPS) is 10.6. The molecule has 0 atom stereocenters. The van der Waals surface area contributed by atoms with Crippen molar-refractivity contribution in [1.82, 2.24) is 4.98 Å². The first-order valence-electron chi connectivity index (χ1n) is 5.94. The summed E-state index contributed by atoms with van der Waals surface area (Å²) in [4.78, 5) is 3.12. The van der Waals surface area contributed by atoms with E-state index in [4.69, 9.17) is 11.6 Å². The minimum Gasteiger partial charge on any atom is -0.352 e. The molecule has 1 nitrogen and oxygen atoms in total. The molecule has 3 heteroatoms. The summed E-state index contributed by atoms with van der Waals surface area (Å²) in [5.74, 6) is -0.263. The Morgan fingerprint density at radius 3 is 2.21 bits per heavy atom. The second-order valence-corrected chi connectivity index (χ2v) is 4.72. The molecule has 0 saturated heterocycles. The van der Waals surface area contributed by atoms with Gasteiger partial charge in [0, 0.05) is 22.3 Å². The zero-order valence-corrected chi connectivity index (χ0v) is 10.8. The smallest absolute Gasteiger partial charge is 0.149 e. The Morgan fingerprint density at radius 2 is 1.53 bits per heavy atom. The van der Waals surface area contributed by atoms with Gasteiger partial charge in [0.2, 0.25) is 0 Å². The highest BCUT2D eigenvalue weighted by Crippen LogP contribution is 2.28. The summed E-state index contributed by atoms with van der Waals surface area (Å²) in [6.45, 7) is 0. The van der Waals surface area contributed by atoms with Crippen LogP contribution >= 0.6 is 11.6 Å². The van der Waals surface area contributed by atoms with E-state index in [0.717, 1.165) is 16.8 Å². The molecule has 2 aromatic carbocycles. The van der Waals surface area contributed by atoms with Crippen LogP contribution in [0.5, 0.6) is 0 Å². The number of aromatic amines is 1. The van der Waals surface area contributed by atoms with E-state index in [1.54, 1.807) is 24.3 Å². The largest absolute Gasteiger partial charge is 0.352 e. The molecule has 0 saturated carbocycles. The summed E-state index contributed by atoms with van der Waals surface area (Å²) < 4.78 is 14.0. The number of H-pyrrole nitrogens is 1. The molecular weight excluding hydrogens is 261 g/mol. The second kappa shape index (κ2) is 4.90. The zero-order valence-electron chi connectivity index (χ0n) is 10.0. The van der Waals surface area contributed by atoms with Crippen molar-refractivity contribution in [3.63, 3.8) is 0 Å². The molecule has 0 unspecified atom stereocenters. The molecular formula is C16H11ClFN. The van der Waals surface area contributed by atoms with E-state index in [2.05, 4.69) is 4.98 Å². The summed E-state index contributed by atoms with van der Waals surface area (Å²) in [6, 6.07) is 18.3. The van der Waals surface area contributed by atoms with Crippen LogP contribution in [0.2, 0.25) is 5.02 Å². The van der Waals surface area contributed by atoms with Crippen LogP contribution in [0.3, 0.4) is 0 Å². The lowest BCUT2D eigenvalue weighted by Crippen LogP contribution is -1.81. The van der Waals surface area contributed by atoms with E-state index in [1.165, 1.54) is 6.07 Å². The Kier molecular flexibility index (Phi) is 3.10. The molecule has 0 aliphatic carbocycles. The first-order valence-corrected chi connectivity index (χ1v) is 6.32. The number of aromatic nitrogens is 1. The highest BCUT2D eigenvalue weighted by molar-refractivity contribution is 6.30. The van der Waals surface area contributed by atoms with E-state index in [9.17, 15) is 4.39 Å². The van der Waals surface area contributed by atoms with Crippen molar-refractivity contribution in [3.8, 4) is 22.5 Å². The predicted octanol–water partition coefficient (Wildman–Crippen LogP) is 5.14. The second-order valence-electron chi connectivity index (χ2n) is 4.28. The van der Waals surface area contributed by atoms with E-state index in [-0.39, 0.29) is 5.82 Å². The molecule has 0 bridgehead atoms. The molecule has 0 fully saturated rings. The summed E-state index contributed by atoms with van der Waals surface area (Å²) in [6.07, 6.45) is 0. The maximum Gasteiger partial charge on any atom is 0.149 e. The summed E-state index contributed by atoms with van der Waals surface area (Å²) in [5.41, 5.74) is 2.99. The van der Waals surface area contributed by atoms with Gasteiger partial charge in [0.1, 0.15) is 5.82 Å². The van der Waals surface area contributed by atoms with Crippen LogP contribution in [0.15, 0.2) is 60.7 Å². The van der Waals surface area contributed by atoms with Crippen molar-refractivity contribution in [2.45, 2.75) is 0 Å². The maximum atomic E-state index is 14.0. The summed E-state index contributed by atoms with van der Waals surface area (Å²) >= 11 is 5.84. The van der Waals surface area contributed by atoms with Crippen molar-refractivity contribution in [3.05, 3.63) is 71.5 Å². The molecule has 1 N–H and O–H groups in total. The maximum absolute atomic E-state index is 14.0. The molecule has 19 heavy (non-hydrogen) atoms. The number of hydrogen-bond donors (Lipinski definition) is 1. The number of halogens is 2. The fraction of sp³-hybridized carbons (Fsp3) is 0. The van der Waals surface area contributed by atoms with E-state index in [1.807, 2.05) is 30.3 Å². The fourth-order valence-corrected chi connectivity index (χ4v) is 2.16. The van der Waals surface area contributed by atoms with Gasteiger partial charge in [-0.05, 0) is 17.7 Å². The molecule has 1 heterocycles. The first-order chi connectivity index (χ1) is 9.24. The standard InChI is InChI=1S/C16H11ClFN/c17-13-8-6-12(7-9-13)16-14(18)10-15(19-16)11-4-2-1-3-5-11/h1-10,19H. The molecule has 3 rings (SSSR count). The topological polar surface area (TPSA) is 15.8 Å². The Bertz CT molecular complexity index is 687. The van der Waals surface area contributed by atoms with Crippen LogP contribution in [-0.2, 0) is 0 Å². The van der Waals surface area contributed by atoms with Crippen molar-refractivity contribution >= 4 is 11.6 Å². The van der Waals surface area contributed by atoms with Gasteiger partial charge in [-0.25, -0.2) is 4.39 Å². The van der Waals surface area contributed by atoms with Gasteiger partial charge in [-0.15, -0.1) is 0 Å². The van der Waals surface area contributed by atoms with Gasteiger partial charge in [-0.1, -0.05) is 54.1 Å². The molecule has 94 valence electrons.